The van der Waals surface area contributed by atoms with Crippen molar-refractivity contribution in [2.45, 2.75) is 187 Å². The van der Waals surface area contributed by atoms with Crippen molar-refractivity contribution in [1.82, 2.24) is 0 Å². The molecule has 0 bridgehead atoms. The topological polar surface area (TPSA) is 63.6 Å². The molecule has 4 nitrogen and oxygen atoms in total. The fourth-order valence-electron chi connectivity index (χ4n) is 4.75. The molecule has 1 unspecified atom stereocenters. The van der Waals surface area contributed by atoms with E-state index >= 15 is 0 Å². The van der Waals surface area contributed by atoms with Crippen molar-refractivity contribution >= 4 is 11.9 Å². The Balaban J connectivity index is 3.29. The molecule has 208 valence electrons. The van der Waals surface area contributed by atoms with Gasteiger partial charge in [-0.05, 0) is 32.6 Å². The molecule has 0 aromatic heterocycles. The second-order valence-corrected chi connectivity index (χ2v) is 10.8. The zero-order valence-corrected chi connectivity index (χ0v) is 23.6. The van der Waals surface area contributed by atoms with Crippen LogP contribution >= 0.6 is 0 Å². The van der Waals surface area contributed by atoms with Crippen molar-refractivity contribution in [1.29, 1.82) is 0 Å². The van der Waals surface area contributed by atoms with Crippen LogP contribution in [-0.2, 0) is 14.3 Å². The van der Waals surface area contributed by atoms with E-state index in [4.69, 9.17) is 9.84 Å². The molecule has 1 N–H and O–H groups in total. The third kappa shape index (κ3) is 29.1. The highest BCUT2D eigenvalue weighted by Gasteiger charge is 2.09. The largest absolute Gasteiger partial charge is 0.481 e. The van der Waals surface area contributed by atoms with Crippen LogP contribution in [0.15, 0.2) is 0 Å². The van der Waals surface area contributed by atoms with Crippen LogP contribution in [0.5, 0.6) is 0 Å². The SMILES string of the molecule is CCCCCCCCCCCCC(=O)OC(C)CCCCCCCCCCCCCCCC(=O)O. The van der Waals surface area contributed by atoms with Crippen molar-refractivity contribution in [2.75, 3.05) is 0 Å². The summed E-state index contributed by atoms with van der Waals surface area (Å²) in [6.45, 7) is 4.31. The van der Waals surface area contributed by atoms with Crippen LogP contribution in [0.25, 0.3) is 0 Å². The minimum absolute atomic E-state index is 0.00248. The molecule has 4 heteroatoms. The van der Waals surface area contributed by atoms with Gasteiger partial charge in [-0.15, -0.1) is 0 Å². The summed E-state index contributed by atoms with van der Waals surface area (Å²) in [4.78, 5) is 22.5. The lowest BCUT2D eigenvalue weighted by Crippen LogP contribution is -2.14. The summed E-state index contributed by atoms with van der Waals surface area (Å²) in [6, 6.07) is 0. The molecule has 0 saturated heterocycles. The van der Waals surface area contributed by atoms with E-state index in [-0.39, 0.29) is 12.1 Å². The second kappa shape index (κ2) is 27.5. The standard InChI is InChI=1S/C31H60O4/c1-3-4-5-6-7-8-16-19-22-25-28-31(34)35-29(2)26-23-20-17-14-12-10-9-11-13-15-18-21-24-27-30(32)33/h29H,3-28H2,1-2H3,(H,32,33). The van der Waals surface area contributed by atoms with Gasteiger partial charge in [0.2, 0.25) is 0 Å². The summed E-state index contributed by atoms with van der Waals surface area (Å²) in [5.74, 6) is -0.671. The minimum atomic E-state index is -0.669. The highest BCUT2D eigenvalue weighted by molar-refractivity contribution is 5.69. The normalized spacial score (nSPS) is 12.1. The third-order valence-electron chi connectivity index (χ3n) is 7.07. The van der Waals surface area contributed by atoms with E-state index in [1.54, 1.807) is 0 Å². The predicted molar refractivity (Wildman–Crippen MR) is 149 cm³/mol. The van der Waals surface area contributed by atoms with Crippen LogP contribution in [0, 0.1) is 0 Å². The first-order chi connectivity index (χ1) is 17.1. The van der Waals surface area contributed by atoms with Gasteiger partial charge in [-0.2, -0.15) is 0 Å². The van der Waals surface area contributed by atoms with Crippen molar-refractivity contribution in [3.63, 3.8) is 0 Å². The lowest BCUT2D eigenvalue weighted by molar-refractivity contribution is -0.148. The molecule has 0 aliphatic carbocycles. The summed E-state index contributed by atoms with van der Waals surface area (Å²) >= 11 is 0. The van der Waals surface area contributed by atoms with Gasteiger partial charge in [-0.3, -0.25) is 9.59 Å². The Kier molecular flexibility index (Phi) is 26.7. The summed E-state index contributed by atoms with van der Waals surface area (Å²) in [6.07, 6.45) is 30.9. The second-order valence-electron chi connectivity index (χ2n) is 10.8. The average Bonchev–Trinajstić information content (AvgIpc) is 2.82. The monoisotopic (exact) mass is 496 g/mol. The van der Waals surface area contributed by atoms with Gasteiger partial charge < -0.3 is 9.84 Å². The zero-order chi connectivity index (χ0) is 25.8. The number of ether oxygens (including phenoxy) is 1. The average molecular weight is 497 g/mol. The van der Waals surface area contributed by atoms with Crippen LogP contribution in [0.1, 0.15) is 181 Å². The molecule has 0 aliphatic rings. The van der Waals surface area contributed by atoms with Gasteiger partial charge in [-0.25, -0.2) is 0 Å². The van der Waals surface area contributed by atoms with E-state index < -0.39 is 5.97 Å². The van der Waals surface area contributed by atoms with E-state index in [1.165, 1.54) is 116 Å². The van der Waals surface area contributed by atoms with Crippen LogP contribution in [-0.4, -0.2) is 23.1 Å². The Labute approximate surface area is 218 Å². The number of aliphatic carboxylic acids is 1. The van der Waals surface area contributed by atoms with Gasteiger partial charge in [0, 0.05) is 12.8 Å². The number of esters is 1. The number of hydrogen-bond acceptors (Lipinski definition) is 3. The maximum absolute atomic E-state index is 12.0. The number of carboxylic acids is 1. The molecule has 0 rings (SSSR count). The molecule has 35 heavy (non-hydrogen) atoms. The highest BCUT2D eigenvalue weighted by Crippen LogP contribution is 2.15. The van der Waals surface area contributed by atoms with Crippen molar-refractivity contribution in [3.05, 3.63) is 0 Å². The van der Waals surface area contributed by atoms with Gasteiger partial charge in [-0.1, -0.05) is 135 Å². The van der Waals surface area contributed by atoms with E-state index in [0.29, 0.717) is 12.8 Å². The maximum atomic E-state index is 12.0. The number of hydrogen-bond donors (Lipinski definition) is 1. The number of unbranched alkanes of at least 4 members (excludes halogenated alkanes) is 21. The Morgan fingerprint density at radius 1 is 0.543 bits per heavy atom. The van der Waals surface area contributed by atoms with Gasteiger partial charge >= 0.3 is 11.9 Å². The molecule has 0 aliphatic heterocycles. The smallest absolute Gasteiger partial charge is 0.306 e. The lowest BCUT2D eigenvalue weighted by Gasteiger charge is -2.13. The Morgan fingerprint density at radius 2 is 0.886 bits per heavy atom. The fourth-order valence-corrected chi connectivity index (χ4v) is 4.75. The Morgan fingerprint density at radius 3 is 1.29 bits per heavy atom. The van der Waals surface area contributed by atoms with Gasteiger partial charge in [0.05, 0.1) is 6.10 Å². The fraction of sp³-hybridized carbons (Fsp3) is 0.935. The van der Waals surface area contributed by atoms with Crippen molar-refractivity contribution in [3.8, 4) is 0 Å². The van der Waals surface area contributed by atoms with E-state index in [0.717, 1.165) is 38.5 Å². The highest BCUT2D eigenvalue weighted by atomic mass is 16.5. The Bertz CT molecular complexity index is 463. The molecule has 0 aromatic rings. The number of carboxylic acid groups (broad SMARTS) is 1. The van der Waals surface area contributed by atoms with Crippen molar-refractivity contribution < 1.29 is 19.4 Å². The van der Waals surface area contributed by atoms with Gasteiger partial charge in [0.25, 0.3) is 0 Å². The maximum Gasteiger partial charge on any atom is 0.306 e. The first-order valence-electron chi connectivity index (χ1n) is 15.5. The van der Waals surface area contributed by atoms with Crippen molar-refractivity contribution in [2.24, 2.45) is 0 Å². The van der Waals surface area contributed by atoms with Crippen LogP contribution < -0.4 is 0 Å². The lowest BCUT2D eigenvalue weighted by atomic mass is 10.0. The zero-order valence-electron chi connectivity index (χ0n) is 23.6. The van der Waals surface area contributed by atoms with Crippen LogP contribution in [0.2, 0.25) is 0 Å². The number of rotatable bonds is 28. The van der Waals surface area contributed by atoms with Crippen LogP contribution in [0.4, 0.5) is 0 Å². The molecule has 0 spiro atoms. The van der Waals surface area contributed by atoms with E-state index in [9.17, 15) is 9.59 Å². The first kappa shape index (κ1) is 33.9. The molecule has 1 atom stereocenters. The molecule has 0 heterocycles. The number of carbonyl (C=O) groups is 2. The first-order valence-corrected chi connectivity index (χ1v) is 15.5. The van der Waals surface area contributed by atoms with E-state index in [1.807, 2.05) is 6.92 Å². The summed E-state index contributed by atoms with van der Waals surface area (Å²) in [5, 5.41) is 8.61. The van der Waals surface area contributed by atoms with Gasteiger partial charge in [0.1, 0.15) is 0 Å². The summed E-state index contributed by atoms with van der Waals surface area (Å²) < 4.78 is 5.59. The molecule has 0 radical (unpaired) electrons. The van der Waals surface area contributed by atoms with E-state index in [2.05, 4.69) is 6.92 Å². The summed E-state index contributed by atoms with van der Waals surface area (Å²) in [5.41, 5.74) is 0. The molecular formula is C31H60O4. The molecule has 0 aromatic carbocycles. The molecular weight excluding hydrogens is 436 g/mol. The summed E-state index contributed by atoms with van der Waals surface area (Å²) in [7, 11) is 0. The third-order valence-corrected chi connectivity index (χ3v) is 7.07. The molecule has 0 fully saturated rings. The molecule has 0 amide bonds. The quantitative estimate of drug-likeness (QED) is 0.0864. The molecule has 0 saturated carbocycles. The van der Waals surface area contributed by atoms with Gasteiger partial charge in [0.15, 0.2) is 0 Å². The minimum Gasteiger partial charge on any atom is -0.481 e. The van der Waals surface area contributed by atoms with Crippen LogP contribution in [0.3, 0.4) is 0 Å². The Hall–Kier alpha value is -1.06. The number of carbonyl (C=O) groups excluding carboxylic acids is 1. The predicted octanol–water partition coefficient (Wildman–Crippen LogP) is 10.2.